The third kappa shape index (κ3) is 7.84. The van der Waals surface area contributed by atoms with Gasteiger partial charge in [0.05, 0.1) is 0 Å². The fourth-order valence-electron chi connectivity index (χ4n) is 3.06. The maximum absolute atomic E-state index is 12.4. The molecule has 0 saturated heterocycles. The molecule has 0 fully saturated rings. The smallest absolute Gasteiger partial charge is 0.408 e. The SMILES string of the molecule is CN(Cc1cccc(-c2cnc(NCc3ccncc3)nc2)c1)C(=O)CNC(=O)OC(C)(C)C. The minimum Gasteiger partial charge on any atom is -0.444 e. The zero-order chi connectivity index (χ0) is 24.6. The monoisotopic (exact) mass is 462 g/mol. The molecule has 34 heavy (non-hydrogen) atoms. The number of ether oxygens (including phenoxy) is 1. The van der Waals surface area contributed by atoms with Gasteiger partial charge in [0.1, 0.15) is 12.1 Å². The van der Waals surface area contributed by atoms with Gasteiger partial charge in [-0.15, -0.1) is 0 Å². The second-order valence-electron chi connectivity index (χ2n) is 8.81. The van der Waals surface area contributed by atoms with Crippen molar-refractivity contribution >= 4 is 17.9 Å². The lowest BCUT2D eigenvalue weighted by atomic mass is 10.1. The highest BCUT2D eigenvalue weighted by atomic mass is 16.6. The number of pyridine rings is 1. The summed E-state index contributed by atoms with van der Waals surface area (Å²) in [5, 5.41) is 5.68. The number of carbonyl (C=O) groups excluding carboxylic acids is 2. The summed E-state index contributed by atoms with van der Waals surface area (Å²) in [6.45, 7) is 6.18. The molecule has 0 radical (unpaired) electrons. The van der Waals surface area contributed by atoms with Gasteiger partial charge in [0.15, 0.2) is 0 Å². The van der Waals surface area contributed by atoms with Crippen molar-refractivity contribution in [3.05, 3.63) is 72.3 Å². The fraction of sp³-hybridized carbons (Fsp3) is 0.320. The van der Waals surface area contributed by atoms with Crippen molar-refractivity contribution in [2.75, 3.05) is 18.9 Å². The summed E-state index contributed by atoms with van der Waals surface area (Å²) in [6, 6.07) is 11.7. The van der Waals surface area contributed by atoms with Gasteiger partial charge >= 0.3 is 6.09 Å². The molecule has 3 aromatic rings. The van der Waals surface area contributed by atoms with Crippen LogP contribution in [0.5, 0.6) is 0 Å². The first kappa shape index (κ1) is 24.6. The molecular formula is C25H30N6O3. The van der Waals surface area contributed by atoms with Gasteiger partial charge in [-0.25, -0.2) is 14.8 Å². The standard InChI is InChI=1S/C25H30N6O3/c1-25(2,3)34-24(33)30-16-22(32)31(4)17-19-6-5-7-20(12-19)21-14-28-23(29-15-21)27-13-18-8-10-26-11-9-18/h5-12,14-15H,13,16-17H2,1-4H3,(H,30,33)(H,27,28,29). The van der Waals surface area contributed by atoms with Crippen LogP contribution >= 0.6 is 0 Å². The highest BCUT2D eigenvalue weighted by Crippen LogP contribution is 2.20. The average molecular weight is 463 g/mol. The lowest BCUT2D eigenvalue weighted by molar-refractivity contribution is -0.129. The largest absolute Gasteiger partial charge is 0.444 e. The zero-order valence-electron chi connectivity index (χ0n) is 19.9. The van der Waals surface area contributed by atoms with E-state index in [9.17, 15) is 9.59 Å². The van der Waals surface area contributed by atoms with Crippen molar-refractivity contribution in [2.45, 2.75) is 39.5 Å². The minimum absolute atomic E-state index is 0.132. The maximum atomic E-state index is 12.4. The van der Waals surface area contributed by atoms with Crippen LogP contribution in [0.4, 0.5) is 10.7 Å². The Morgan fingerprint density at radius 1 is 1.00 bits per heavy atom. The summed E-state index contributed by atoms with van der Waals surface area (Å²) in [5.74, 6) is 0.323. The van der Waals surface area contributed by atoms with E-state index in [1.54, 1.807) is 57.5 Å². The predicted molar refractivity (Wildman–Crippen MR) is 130 cm³/mol. The number of benzene rings is 1. The van der Waals surface area contributed by atoms with Crippen LogP contribution in [0.3, 0.4) is 0 Å². The van der Waals surface area contributed by atoms with Crippen LogP contribution in [0.25, 0.3) is 11.1 Å². The van der Waals surface area contributed by atoms with Crippen molar-refractivity contribution in [1.29, 1.82) is 0 Å². The number of carbonyl (C=O) groups is 2. The van der Waals surface area contributed by atoms with Crippen molar-refractivity contribution < 1.29 is 14.3 Å². The lowest BCUT2D eigenvalue weighted by Crippen LogP contribution is -2.40. The molecular weight excluding hydrogens is 432 g/mol. The first-order chi connectivity index (χ1) is 16.2. The van der Waals surface area contributed by atoms with Gasteiger partial charge in [-0.3, -0.25) is 9.78 Å². The van der Waals surface area contributed by atoms with Gasteiger partial charge in [-0.05, 0) is 55.7 Å². The van der Waals surface area contributed by atoms with Crippen molar-refractivity contribution in [3.63, 3.8) is 0 Å². The van der Waals surface area contributed by atoms with Gasteiger partial charge in [0.2, 0.25) is 11.9 Å². The Balaban J connectivity index is 1.54. The molecule has 1 aromatic carbocycles. The van der Waals surface area contributed by atoms with Crippen LogP contribution in [0.1, 0.15) is 31.9 Å². The van der Waals surface area contributed by atoms with Crippen LogP contribution < -0.4 is 10.6 Å². The Kier molecular flexibility index (Phi) is 8.13. The summed E-state index contributed by atoms with van der Waals surface area (Å²) in [6.07, 6.45) is 6.41. The summed E-state index contributed by atoms with van der Waals surface area (Å²) < 4.78 is 5.16. The molecule has 0 bridgehead atoms. The van der Waals surface area contributed by atoms with Crippen molar-refractivity contribution in [1.82, 2.24) is 25.2 Å². The van der Waals surface area contributed by atoms with E-state index in [2.05, 4.69) is 25.6 Å². The van der Waals surface area contributed by atoms with E-state index in [0.29, 0.717) is 19.0 Å². The van der Waals surface area contributed by atoms with Crippen LogP contribution in [0.2, 0.25) is 0 Å². The number of amides is 2. The molecule has 2 amide bonds. The van der Waals surface area contributed by atoms with Crippen molar-refractivity contribution in [3.8, 4) is 11.1 Å². The van der Waals surface area contributed by atoms with E-state index in [-0.39, 0.29) is 12.5 Å². The highest BCUT2D eigenvalue weighted by Gasteiger charge is 2.17. The number of nitrogens with one attached hydrogen (secondary N) is 2. The molecule has 2 heterocycles. The molecule has 0 unspecified atom stereocenters. The van der Waals surface area contributed by atoms with Gasteiger partial charge in [0, 0.05) is 50.5 Å². The van der Waals surface area contributed by atoms with Gasteiger partial charge in [-0.2, -0.15) is 0 Å². The van der Waals surface area contributed by atoms with E-state index in [4.69, 9.17) is 4.74 Å². The molecule has 0 saturated carbocycles. The summed E-state index contributed by atoms with van der Waals surface area (Å²) in [5.41, 5.74) is 3.25. The van der Waals surface area contributed by atoms with E-state index in [1.807, 2.05) is 36.4 Å². The van der Waals surface area contributed by atoms with E-state index >= 15 is 0 Å². The Bertz CT molecular complexity index is 1100. The Morgan fingerprint density at radius 2 is 1.71 bits per heavy atom. The first-order valence-electron chi connectivity index (χ1n) is 10.9. The fourth-order valence-corrected chi connectivity index (χ4v) is 3.06. The quantitative estimate of drug-likeness (QED) is 0.526. The first-order valence-corrected chi connectivity index (χ1v) is 10.9. The normalized spacial score (nSPS) is 10.9. The molecule has 9 nitrogen and oxygen atoms in total. The van der Waals surface area contributed by atoms with Gasteiger partial charge < -0.3 is 20.3 Å². The average Bonchev–Trinajstić information content (AvgIpc) is 2.81. The molecule has 0 aliphatic carbocycles. The topological polar surface area (TPSA) is 109 Å². The number of anilines is 1. The maximum Gasteiger partial charge on any atom is 0.408 e. The molecule has 0 aliphatic heterocycles. The van der Waals surface area contributed by atoms with Crippen LogP contribution in [-0.2, 0) is 22.6 Å². The van der Waals surface area contributed by atoms with Crippen molar-refractivity contribution in [2.24, 2.45) is 0 Å². The van der Waals surface area contributed by atoms with Crippen LogP contribution in [0.15, 0.2) is 61.2 Å². The van der Waals surface area contributed by atoms with E-state index in [1.165, 1.54) is 0 Å². The Morgan fingerprint density at radius 3 is 2.38 bits per heavy atom. The number of rotatable bonds is 8. The Hall–Kier alpha value is -4.01. The predicted octanol–water partition coefficient (Wildman–Crippen LogP) is 3.63. The van der Waals surface area contributed by atoms with E-state index in [0.717, 1.165) is 22.3 Å². The number of hydrogen-bond acceptors (Lipinski definition) is 7. The molecule has 2 N–H and O–H groups in total. The summed E-state index contributed by atoms with van der Waals surface area (Å²) in [4.78, 5) is 38.5. The zero-order valence-corrected chi connectivity index (χ0v) is 19.9. The number of aromatic nitrogens is 3. The van der Waals surface area contributed by atoms with Gasteiger partial charge in [-0.1, -0.05) is 18.2 Å². The van der Waals surface area contributed by atoms with Crippen LogP contribution in [-0.4, -0.2) is 51.0 Å². The minimum atomic E-state index is -0.616. The van der Waals surface area contributed by atoms with E-state index < -0.39 is 11.7 Å². The second-order valence-corrected chi connectivity index (χ2v) is 8.81. The highest BCUT2D eigenvalue weighted by molar-refractivity contribution is 5.82. The molecule has 0 aliphatic rings. The summed E-state index contributed by atoms with van der Waals surface area (Å²) >= 11 is 0. The molecule has 0 atom stereocenters. The molecule has 9 heteroatoms. The van der Waals surface area contributed by atoms with Gasteiger partial charge in [0.25, 0.3) is 0 Å². The summed E-state index contributed by atoms with van der Waals surface area (Å²) in [7, 11) is 1.69. The molecule has 0 spiro atoms. The Labute approximate surface area is 199 Å². The molecule has 2 aromatic heterocycles. The second kappa shape index (κ2) is 11.2. The number of alkyl carbamates (subject to hydrolysis) is 1. The van der Waals surface area contributed by atoms with Crippen LogP contribution in [0, 0.1) is 0 Å². The third-order valence-electron chi connectivity index (χ3n) is 4.74. The third-order valence-corrected chi connectivity index (χ3v) is 4.74. The molecule has 3 rings (SSSR count). The lowest BCUT2D eigenvalue weighted by Gasteiger charge is -2.21. The number of hydrogen-bond donors (Lipinski definition) is 2. The molecule has 178 valence electrons. The number of nitrogens with zero attached hydrogens (tertiary/aromatic N) is 4. The number of likely N-dealkylation sites (N-methyl/N-ethyl adjacent to an activating group) is 1.